The highest BCUT2D eigenvalue weighted by Crippen LogP contribution is 2.43. The van der Waals surface area contributed by atoms with Crippen LogP contribution in [0.4, 0.5) is 0 Å². The SMILES string of the molecule is C1=CC2CN=NC23C=CC(c2cccnc2)=NC3=C1. The quantitative estimate of drug-likeness (QED) is 0.753. The van der Waals surface area contributed by atoms with Crippen molar-refractivity contribution in [3.05, 3.63) is 66.2 Å². The minimum absolute atomic E-state index is 0.308. The van der Waals surface area contributed by atoms with Crippen LogP contribution in [0.3, 0.4) is 0 Å². The lowest BCUT2D eigenvalue weighted by atomic mass is 9.77. The summed E-state index contributed by atoms with van der Waals surface area (Å²) < 4.78 is 0. The second-order valence-corrected chi connectivity index (χ2v) is 4.86. The van der Waals surface area contributed by atoms with Crippen LogP contribution in [0.25, 0.3) is 0 Å². The largest absolute Gasteiger partial charge is 0.264 e. The van der Waals surface area contributed by atoms with Crippen LogP contribution in [-0.2, 0) is 0 Å². The van der Waals surface area contributed by atoms with Crippen molar-refractivity contribution in [3.8, 4) is 0 Å². The molecule has 1 aliphatic carbocycles. The molecule has 0 amide bonds. The van der Waals surface area contributed by atoms with Gasteiger partial charge in [-0.15, -0.1) is 0 Å². The number of hydrogen-bond donors (Lipinski definition) is 0. The number of allylic oxidation sites excluding steroid dienone is 3. The third kappa shape index (κ3) is 1.46. The summed E-state index contributed by atoms with van der Waals surface area (Å²) >= 11 is 0. The molecule has 4 nitrogen and oxygen atoms in total. The molecule has 0 bridgehead atoms. The molecule has 1 aromatic heterocycles. The van der Waals surface area contributed by atoms with E-state index in [0.717, 1.165) is 23.5 Å². The number of nitrogens with zero attached hydrogens (tertiary/aromatic N) is 4. The molecule has 0 aromatic carbocycles. The van der Waals surface area contributed by atoms with Crippen molar-refractivity contribution in [2.45, 2.75) is 5.54 Å². The van der Waals surface area contributed by atoms with E-state index in [0.29, 0.717) is 5.92 Å². The standard InChI is InChI=1S/C15H12N4/c1-4-12-10-17-19-15(12)7-6-13(18-14(15)5-1)11-3-2-8-16-9-11/h1-9,12H,10H2. The molecular formula is C15H12N4. The van der Waals surface area contributed by atoms with Gasteiger partial charge in [0.15, 0.2) is 0 Å². The maximum atomic E-state index is 4.75. The summed E-state index contributed by atoms with van der Waals surface area (Å²) in [5, 5.41) is 8.64. The Labute approximate surface area is 111 Å². The number of azo groups is 1. The molecular weight excluding hydrogens is 236 g/mol. The Bertz CT molecular complexity index is 667. The summed E-state index contributed by atoms with van der Waals surface area (Å²) in [5.41, 5.74) is 2.57. The molecule has 92 valence electrons. The van der Waals surface area contributed by atoms with Crippen molar-refractivity contribution in [2.24, 2.45) is 21.1 Å². The average molecular weight is 248 g/mol. The number of dihydropyridines is 1. The van der Waals surface area contributed by atoms with Crippen LogP contribution in [0.1, 0.15) is 5.56 Å². The number of aromatic nitrogens is 1. The van der Waals surface area contributed by atoms with E-state index in [4.69, 9.17) is 4.99 Å². The molecule has 4 rings (SSSR count). The zero-order chi connectivity index (χ0) is 12.7. The molecule has 0 N–H and O–H groups in total. The lowest BCUT2D eigenvalue weighted by molar-refractivity contribution is 0.505. The van der Waals surface area contributed by atoms with E-state index in [1.807, 2.05) is 30.5 Å². The molecule has 2 atom stereocenters. The molecule has 1 aromatic rings. The first kappa shape index (κ1) is 10.6. The lowest BCUT2D eigenvalue weighted by Gasteiger charge is -2.32. The number of hydrogen-bond acceptors (Lipinski definition) is 4. The molecule has 3 heterocycles. The monoisotopic (exact) mass is 248 g/mol. The minimum atomic E-state index is -0.361. The summed E-state index contributed by atoms with van der Waals surface area (Å²) in [4.78, 5) is 8.89. The van der Waals surface area contributed by atoms with Gasteiger partial charge >= 0.3 is 0 Å². The molecule has 2 unspecified atom stereocenters. The van der Waals surface area contributed by atoms with Gasteiger partial charge in [0.05, 0.1) is 18.0 Å². The molecule has 2 aliphatic heterocycles. The van der Waals surface area contributed by atoms with Crippen molar-refractivity contribution in [1.82, 2.24) is 4.98 Å². The van der Waals surface area contributed by atoms with E-state index in [1.54, 1.807) is 6.20 Å². The third-order valence-corrected chi connectivity index (χ3v) is 3.78. The van der Waals surface area contributed by atoms with Gasteiger partial charge < -0.3 is 0 Å². The smallest absolute Gasteiger partial charge is 0.150 e. The van der Waals surface area contributed by atoms with Crippen molar-refractivity contribution in [2.75, 3.05) is 6.54 Å². The fourth-order valence-electron chi connectivity index (χ4n) is 2.74. The maximum absolute atomic E-state index is 4.75. The molecule has 0 saturated carbocycles. The van der Waals surface area contributed by atoms with Gasteiger partial charge in [-0.25, -0.2) is 4.99 Å². The Morgan fingerprint density at radius 3 is 3.21 bits per heavy atom. The fraction of sp³-hybridized carbons (Fsp3) is 0.200. The number of rotatable bonds is 1. The predicted octanol–water partition coefficient (Wildman–Crippen LogP) is 2.72. The normalized spacial score (nSPS) is 30.6. The zero-order valence-corrected chi connectivity index (χ0v) is 10.3. The van der Waals surface area contributed by atoms with Crippen molar-refractivity contribution in [3.63, 3.8) is 0 Å². The van der Waals surface area contributed by atoms with Gasteiger partial charge in [-0.3, -0.25) is 4.98 Å². The lowest BCUT2D eigenvalue weighted by Crippen LogP contribution is -2.36. The Hall–Kier alpha value is -2.36. The number of pyridine rings is 1. The Morgan fingerprint density at radius 1 is 1.32 bits per heavy atom. The van der Waals surface area contributed by atoms with E-state index in [-0.39, 0.29) is 5.54 Å². The minimum Gasteiger partial charge on any atom is -0.264 e. The van der Waals surface area contributed by atoms with E-state index in [9.17, 15) is 0 Å². The first-order valence-corrected chi connectivity index (χ1v) is 6.34. The van der Waals surface area contributed by atoms with Crippen LogP contribution in [0.5, 0.6) is 0 Å². The average Bonchev–Trinajstić information content (AvgIpc) is 2.89. The van der Waals surface area contributed by atoms with Gasteiger partial charge in [-0.05, 0) is 30.4 Å². The molecule has 0 fully saturated rings. The number of aliphatic imine (C=N–C) groups is 1. The highest BCUT2D eigenvalue weighted by atomic mass is 15.2. The molecule has 19 heavy (non-hydrogen) atoms. The second-order valence-electron chi connectivity index (χ2n) is 4.86. The van der Waals surface area contributed by atoms with Crippen LogP contribution < -0.4 is 0 Å². The third-order valence-electron chi connectivity index (χ3n) is 3.78. The maximum Gasteiger partial charge on any atom is 0.150 e. The molecule has 3 aliphatic rings. The first-order chi connectivity index (χ1) is 9.38. The van der Waals surface area contributed by atoms with Gasteiger partial charge in [-0.1, -0.05) is 12.2 Å². The Morgan fingerprint density at radius 2 is 2.32 bits per heavy atom. The molecule has 1 spiro atoms. The predicted molar refractivity (Wildman–Crippen MR) is 73.1 cm³/mol. The van der Waals surface area contributed by atoms with Crippen LogP contribution in [0.2, 0.25) is 0 Å². The highest BCUT2D eigenvalue weighted by Gasteiger charge is 2.45. The van der Waals surface area contributed by atoms with E-state index in [1.165, 1.54) is 0 Å². The topological polar surface area (TPSA) is 50.0 Å². The van der Waals surface area contributed by atoms with Crippen LogP contribution >= 0.6 is 0 Å². The van der Waals surface area contributed by atoms with Crippen LogP contribution in [0.15, 0.2) is 75.8 Å². The summed E-state index contributed by atoms with van der Waals surface area (Å²) in [5.74, 6) is 0.308. The van der Waals surface area contributed by atoms with Gasteiger partial charge in [0.25, 0.3) is 0 Å². The van der Waals surface area contributed by atoms with E-state index >= 15 is 0 Å². The Balaban J connectivity index is 1.81. The van der Waals surface area contributed by atoms with E-state index in [2.05, 4.69) is 33.4 Å². The Kier molecular flexibility index (Phi) is 2.12. The molecule has 0 saturated heterocycles. The summed E-state index contributed by atoms with van der Waals surface area (Å²) in [7, 11) is 0. The molecule has 0 radical (unpaired) electrons. The van der Waals surface area contributed by atoms with Crippen molar-refractivity contribution >= 4 is 5.71 Å². The van der Waals surface area contributed by atoms with E-state index < -0.39 is 0 Å². The molecule has 4 heteroatoms. The van der Waals surface area contributed by atoms with Gasteiger partial charge in [0.1, 0.15) is 5.54 Å². The van der Waals surface area contributed by atoms with Gasteiger partial charge in [-0.2, -0.15) is 10.2 Å². The van der Waals surface area contributed by atoms with Crippen molar-refractivity contribution < 1.29 is 0 Å². The first-order valence-electron chi connectivity index (χ1n) is 6.34. The second kappa shape index (κ2) is 3.82. The van der Waals surface area contributed by atoms with Gasteiger partial charge in [0, 0.05) is 23.9 Å². The highest BCUT2D eigenvalue weighted by molar-refractivity contribution is 6.10. The van der Waals surface area contributed by atoms with Crippen molar-refractivity contribution in [1.29, 1.82) is 0 Å². The fourth-order valence-corrected chi connectivity index (χ4v) is 2.74. The zero-order valence-electron chi connectivity index (χ0n) is 10.3. The summed E-state index contributed by atoms with van der Waals surface area (Å²) in [6.45, 7) is 0.746. The van der Waals surface area contributed by atoms with Crippen LogP contribution in [0, 0.1) is 5.92 Å². The van der Waals surface area contributed by atoms with Gasteiger partial charge in [0.2, 0.25) is 0 Å². The summed E-state index contributed by atoms with van der Waals surface area (Å²) in [6, 6.07) is 3.93. The summed E-state index contributed by atoms with van der Waals surface area (Å²) in [6.07, 6.45) is 14.0. The van der Waals surface area contributed by atoms with Crippen LogP contribution in [-0.4, -0.2) is 22.8 Å².